The van der Waals surface area contributed by atoms with Crippen molar-refractivity contribution in [1.29, 1.82) is 0 Å². The van der Waals surface area contributed by atoms with E-state index < -0.39 is 0 Å². The van der Waals surface area contributed by atoms with Crippen molar-refractivity contribution in [1.82, 2.24) is 10.2 Å². The highest BCUT2D eigenvalue weighted by Crippen LogP contribution is 2.33. The Morgan fingerprint density at radius 3 is 2.72 bits per heavy atom. The summed E-state index contributed by atoms with van der Waals surface area (Å²) in [6.07, 6.45) is 3.66. The van der Waals surface area contributed by atoms with Gasteiger partial charge in [-0.3, -0.25) is 4.79 Å². The Bertz CT molecular complexity index is 294. The Labute approximate surface area is 115 Å². The van der Waals surface area contributed by atoms with Crippen molar-refractivity contribution < 1.29 is 4.79 Å². The van der Waals surface area contributed by atoms with Gasteiger partial charge in [0, 0.05) is 24.3 Å². The van der Waals surface area contributed by atoms with Crippen LogP contribution in [0.5, 0.6) is 0 Å². The van der Waals surface area contributed by atoms with Crippen LogP contribution in [0.1, 0.15) is 33.1 Å². The monoisotopic (exact) mass is 270 g/mol. The molecule has 2 rings (SSSR count). The zero-order chi connectivity index (χ0) is 13.1. The predicted molar refractivity (Wildman–Crippen MR) is 77.9 cm³/mol. The molecular formula is C14H26N2OS. The van der Waals surface area contributed by atoms with E-state index in [1.54, 1.807) is 0 Å². The van der Waals surface area contributed by atoms with Gasteiger partial charge in [0.2, 0.25) is 5.91 Å². The maximum absolute atomic E-state index is 12.4. The summed E-state index contributed by atoms with van der Waals surface area (Å²) < 4.78 is 0. The molecule has 4 heteroatoms. The van der Waals surface area contributed by atoms with Crippen LogP contribution in [0.2, 0.25) is 0 Å². The lowest BCUT2D eigenvalue weighted by molar-refractivity contribution is -0.138. The summed E-state index contributed by atoms with van der Waals surface area (Å²) in [5.74, 6) is 2.30. The number of hydrogen-bond donors (Lipinski definition) is 1. The van der Waals surface area contributed by atoms with Crippen molar-refractivity contribution in [3.05, 3.63) is 0 Å². The molecule has 0 radical (unpaired) electrons. The van der Waals surface area contributed by atoms with E-state index in [0.29, 0.717) is 17.9 Å². The lowest BCUT2D eigenvalue weighted by Gasteiger charge is -2.35. The summed E-state index contributed by atoms with van der Waals surface area (Å²) in [5, 5.41) is 4.03. The molecule has 1 saturated heterocycles. The summed E-state index contributed by atoms with van der Waals surface area (Å²) >= 11 is 2.05. The number of amides is 1. The summed E-state index contributed by atoms with van der Waals surface area (Å²) in [4.78, 5) is 14.5. The third-order valence-corrected chi connectivity index (χ3v) is 5.80. The van der Waals surface area contributed by atoms with E-state index in [2.05, 4.69) is 30.9 Å². The largest absolute Gasteiger partial charge is 0.342 e. The second kappa shape index (κ2) is 6.29. The molecule has 104 valence electrons. The van der Waals surface area contributed by atoms with Gasteiger partial charge in [-0.05, 0) is 44.0 Å². The normalized spacial score (nSPS) is 29.9. The lowest BCUT2D eigenvalue weighted by Crippen LogP contribution is -2.51. The molecule has 1 aliphatic heterocycles. The molecule has 18 heavy (non-hydrogen) atoms. The van der Waals surface area contributed by atoms with Crippen molar-refractivity contribution in [2.45, 2.75) is 44.4 Å². The highest BCUT2D eigenvalue weighted by atomic mass is 32.2. The molecule has 0 spiro atoms. The van der Waals surface area contributed by atoms with Crippen LogP contribution in [-0.2, 0) is 4.79 Å². The van der Waals surface area contributed by atoms with Crippen molar-refractivity contribution in [2.75, 3.05) is 25.9 Å². The smallest absolute Gasteiger partial charge is 0.225 e. The Morgan fingerprint density at radius 2 is 2.17 bits per heavy atom. The van der Waals surface area contributed by atoms with Crippen LogP contribution in [0.25, 0.3) is 0 Å². The number of nitrogens with one attached hydrogen (secondary N) is 1. The minimum Gasteiger partial charge on any atom is -0.342 e. The molecule has 0 bridgehead atoms. The van der Waals surface area contributed by atoms with Gasteiger partial charge >= 0.3 is 0 Å². The van der Waals surface area contributed by atoms with Crippen molar-refractivity contribution in [2.24, 2.45) is 11.8 Å². The minimum absolute atomic E-state index is 0.189. The van der Waals surface area contributed by atoms with Gasteiger partial charge in [0.15, 0.2) is 0 Å². The second-order valence-electron chi connectivity index (χ2n) is 5.70. The molecule has 1 aliphatic carbocycles. The molecule has 0 aromatic carbocycles. The number of nitrogens with zero attached hydrogens (tertiary/aromatic N) is 1. The number of carbonyl (C=O) groups excluding carboxylic acids is 1. The molecule has 2 fully saturated rings. The average Bonchev–Trinajstić information content (AvgIpc) is 2.74. The van der Waals surface area contributed by atoms with Crippen LogP contribution in [0.15, 0.2) is 0 Å². The Morgan fingerprint density at radius 1 is 1.44 bits per heavy atom. The van der Waals surface area contributed by atoms with Crippen molar-refractivity contribution >= 4 is 17.7 Å². The van der Waals surface area contributed by atoms with Gasteiger partial charge in [0.1, 0.15) is 0 Å². The molecule has 0 aromatic rings. The van der Waals surface area contributed by atoms with E-state index in [1.165, 1.54) is 25.0 Å². The third-order valence-electron chi connectivity index (χ3n) is 4.56. The molecule has 1 heterocycles. The Hall–Kier alpha value is -0.220. The first-order valence-corrected chi connectivity index (χ1v) is 8.27. The van der Waals surface area contributed by atoms with Crippen LogP contribution in [0, 0.1) is 11.8 Å². The predicted octanol–water partition coefficient (Wildman–Crippen LogP) is 1.97. The molecule has 2 aliphatic rings. The molecule has 3 unspecified atom stereocenters. The highest BCUT2D eigenvalue weighted by molar-refractivity contribution is 7.99. The fraction of sp³-hybridized carbons (Fsp3) is 0.929. The molecular weight excluding hydrogens is 244 g/mol. The Kier molecular flexibility index (Phi) is 4.96. The van der Waals surface area contributed by atoms with Crippen LogP contribution in [0.3, 0.4) is 0 Å². The first-order valence-electron chi connectivity index (χ1n) is 7.22. The number of rotatable bonds is 5. The standard InChI is InChI=1S/C14H26N2OS/c1-4-18-13-6-5-12(7-13)16(3)14(17)10(2)11-8-15-9-11/h10-13,15H,4-9H2,1-3H3. The first kappa shape index (κ1) is 14.2. The Balaban J connectivity index is 1.83. The average molecular weight is 270 g/mol. The third kappa shape index (κ3) is 3.02. The zero-order valence-corrected chi connectivity index (χ0v) is 12.6. The fourth-order valence-electron chi connectivity index (χ4n) is 3.02. The van der Waals surface area contributed by atoms with Gasteiger partial charge in [-0.15, -0.1) is 0 Å². The topological polar surface area (TPSA) is 32.3 Å². The molecule has 3 nitrogen and oxygen atoms in total. The molecule has 3 atom stereocenters. The molecule has 1 amide bonds. The molecule has 1 saturated carbocycles. The van der Waals surface area contributed by atoms with Crippen LogP contribution in [0.4, 0.5) is 0 Å². The number of thioether (sulfide) groups is 1. The van der Waals surface area contributed by atoms with E-state index in [0.717, 1.165) is 18.3 Å². The van der Waals surface area contributed by atoms with Gasteiger partial charge in [-0.1, -0.05) is 13.8 Å². The zero-order valence-electron chi connectivity index (χ0n) is 11.8. The summed E-state index contributed by atoms with van der Waals surface area (Å²) in [6, 6.07) is 0.483. The summed E-state index contributed by atoms with van der Waals surface area (Å²) in [7, 11) is 2.01. The SMILES string of the molecule is CCSC1CCC(N(C)C(=O)C(C)C2CNC2)C1. The van der Waals surface area contributed by atoms with Crippen LogP contribution in [-0.4, -0.2) is 48.0 Å². The fourth-order valence-corrected chi connectivity index (χ4v) is 4.16. The van der Waals surface area contributed by atoms with Crippen LogP contribution >= 0.6 is 11.8 Å². The summed E-state index contributed by atoms with van der Waals surface area (Å²) in [6.45, 7) is 6.34. The maximum atomic E-state index is 12.4. The second-order valence-corrected chi connectivity index (χ2v) is 7.28. The van der Waals surface area contributed by atoms with E-state index in [4.69, 9.17) is 0 Å². The first-order chi connectivity index (χ1) is 8.63. The lowest BCUT2D eigenvalue weighted by atomic mass is 9.87. The van der Waals surface area contributed by atoms with Crippen molar-refractivity contribution in [3.63, 3.8) is 0 Å². The number of hydrogen-bond acceptors (Lipinski definition) is 3. The van der Waals surface area contributed by atoms with E-state index in [1.807, 2.05) is 11.9 Å². The van der Waals surface area contributed by atoms with E-state index in [-0.39, 0.29) is 5.92 Å². The van der Waals surface area contributed by atoms with Gasteiger partial charge in [0.05, 0.1) is 0 Å². The van der Waals surface area contributed by atoms with E-state index in [9.17, 15) is 4.79 Å². The highest BCUT2D eigenvalue weighted by Gasteiger charge is 2.35. The number of carbonyl (C=O) groups is 1. The van der Waals surface area contributed by atoms with Crippen molar-refractivity contribution in [3.8, 4) is 0 Å². The summed E-state index contributed by atoms with van der Waals surface area (Å²) in [5.41, 5.74) is 0. The maximum Gasteiger partial charge on any atom is 0.225 e. The minimum atomic E-state index is 0.189. The van der Waals surface area contributed by atoms with E-state index >= 15 is 0 Å². The molecule has 0 aromatic heterocycles. The van der Waals surface area contributed by atoms with Gasteiger partial charge in [-0.2, -0.15) is 11.8 Å². The quantitative estimate of drug-likeness (QED) is 0.829. The molecule has 1 N–H and O–H groups in total. The van der Waals surface area contributed by atoms with Gasteiger partial charge < -0.3 is 10.2 Å². The van der Waals surface area contributed by atoms with Gasteiger partial charge in [0.25, 0.3) is 0 Å². The van der Waals surface area contributed by atoms with Gasteiger partial charge in [-0.25, -0.2) is 0 Å². The van der Waals surface area contributed by atoms with Crippen LogP contribution < -0.4 is 5.32 Å².